The molecule has 1 aliphatic rings. The number of rotatable bonds is 4. The molecule has 0 aliphatic carbocycles. The van der Waals surface area contributed by atoms with Crippen LogP contribution < -0.4 is 4.90 Å². The van der Waals surface area contributed by atoms with Crippen LogP contribution in [0.2, 0.25) is 0 Å². The molecule has 1 fully saturated rings. The lowest BCUT2D eigenvalue weighted by Gasteiger charge is -2.26. The molecule has 0 aromatic heterocycles. The van der Waals surface area contributed by atoms with E-state index in [1.54, 1.807) is 6.92 Å². The second-order valence-corrected chi connectivity index (χ2v) is 5.95. The van der Waals surface area contributed by atoms with Crippen molar-refractivity contribution in [3.8, 4) is 0 Å². The van der Waals surface area contributed by atoms with Crippen LogP contribution in [0, 0.1) is 11.7 Å². The summed E-state index contributed by atoms with van der Waals surface area (Å²) in [5, 5.41) is 9.87. The molecular formula is C17H26FNO. The van der Waals surface area contributed by atoms with E-state index in [9.17, 15) is 9.50 Å². The summed E-state index contributed by atoms with van der Waals surface area (Å²) in [6.45, 7) is 5.96. The van der Waals surface area contributed by atoms with Crippen molar-refractivity contribution in [3.05, 3.63) is 29.6 Å². The Morgan fingerprint density at radius 3 is 2.85 bits per heavy atom. The first-order valence-corrected chi connectivity index (χ1v) is 7.84. The van der Waals surface area contributed by atoms with E-state index < -0.39 is 6.10 Å². The van der Waals surface area contributed by atoms with Crippen molar-refractivity contribution in [2.75, 3.05) is 18.0 Å². The number of aliphatic hydroxyl groups is 1. The zero-order chi connectivity index (χ0) is 14.5. The van der Waals surface area contributed by atoms with E-state index in [1.807, 2.05) is 6.07 Å². The molecule has 0 radical (unpaired) electrons. The van der Waals surface area contributed by atoms with Gasteiger partial charge in [-0.05, 0) is 50.3 Å². The fourth-order valence-electron chi connectivity index (χ4n) is 3.25. The molecule has 1 aromatic carbocycles. The quantitative estimate of drug-likeness (QED) is 0.889. The van der Waals surface area contributed by atoms with Gasteiger partial charge >= 0.3 is 0 Å². The van der Waals surface area contributed by atoms with E-state index in [2.05, 4.69) is 11.8 Å². The number of aliphatic hydroxyl groups excluding tert-OH is 1. The monoisotopic (exact) mass is 279 g/mol. The maximum Gasteiger partial charge on any atom is 0.123 e. The predicted molar refractivity (Wildman–Crippen MR) is 81.5 cm³/mol. The normalized spacial score (nSPS) is 21.6. The molecular weight excluding hydrogens is 253 g/mol. The fourth-order valence-corrected chi connectivity index (χ4v) is 3.25. The molecule has 0 amide bonds. The number of benzene rings is 1. The van der Waals surface area contributed by atoms with Gasteiger partial charge < -0.3 is 10.0 Å². The molecule has 1 aromatic rings. The second kappa shape index (κ2) is 7.07. The van der Waals surface area contributed by atoms with E-state index in [-0.39, 0.29) is 5.82 Å². The highest BCUT2D eigenvalue weighted by Gasteiger charge is 2.20. The van der Waals surface area contributed by atoms with Gasteiger partial charge in [0.25, 0.3) is 0 Å². The van der Waals surface area contributed by atoms with Gasteiger partial charge in [-0.3, -0.25) is 0 Å². The lowest BCUT2D eigenvalue weighted by Crippen LogP contribution is -2.25. The summed E-state index contributed by atoms with van der Waals surface area (Å²) in [6, 6.07) is 4.78. The van der Waals surface area contributed by atoms with Crippen LogP contribution in [0.4, 0.5) is 10.1 Å². The highest BCUT2D eigenvalue weighted by atomic mass is 19.1. The average Bonchev–Trinajstić information content (AvgIpc) is 2.65. The Morgan fingerprint density at radius 1 is 1.35 bits per heavy atom. The largest absolute Gasteiger partial charge is 0.389 e. The lowest BCUT2D eigenvalue weighted by molar-refractivity contribution is 0.199. The Bertz CT molecular complexity index is 433. The minimum atomic E-state index is -0.629. The molecule has 1 unspecified atom stereocenters. The van der Waals surface area contributed by atoms with Gasteiger partial charge in [0.1, 0.15) is 5.82 Å². The maximum atomic E-state index is 13.4. The second-order valence-electron chi connectivity index (χ2n) is 5.95. The third-order valence-corrected chi connectivity index (χ3v) is 4.32. The third-order valence-electron chi connectivity index (χ3n) is 4.32. The molecule has 3 heteroatoms. The summed E-state index contributed by atoms with van der Waals surface area (Å²) >= 11 is 0. The van der Waals surface area contributed by atoms with Crippen LogP contribution in [0.5, 0.6) is 0 Å². The molecule has 1 heterocycles. The van der Waals surface area contributed by atoms with E-state index in [0.717, 1.165) is 24.7 Å². The van der Waals surface area contributed by atoms with Crippen molar-refractivity contribution < 1.29 is 9.50 Å². The number of hydrogen-bond acceptors (Lipinski definition) is 2. The van der Waals surface area contributed by atoms with Crippen molar-refractivity contribution in [3.63, 3.8) is 0 Å². The van der Waals surface area contributed by atoms with Gasteiger partial charge in [-0.2, -0.15) is 0 Å². The standard InChI is InChI=1S/C17H26FNO/c1-3-5-14-6-4-10-19(11-9-14)17-8-7-15(18)12-16(17)13(2)20/h7-8,12-14,20H,3-6,9-11H2,1-2H3/t13-,14?/m1/s1. The number of hydrogen-bond donors (Lipinski definition) is 1. The van der Waals surface area contributed by atoms with Gasteiger partial charge in [0, 0.05) is 24.3 Å². The highest BCUT2D eigenvalue weighted by Crippen LogP contribution is 2.31. The first-order valence-electron chi connectivity index (χ1n) is 7.84. The van der Waals surface area contributed by atoms with Gasteiger partial charge in [-0.15, -0.1) is 0 Å². The number of nitrogens with zero attached hydrogens (tertiary/aromatic N) is 1. The highest BCUT2D eigenvalue weighted by molar-refractivity contribution is 5.54. The van der Waals surface area contributed by atoms with Crippen LogP contribution in [-0.4, -0.2) is 18.2 Å². The lowest BCUT2D eigenvalue weighted by atomic mass is 9.96. The summed E-state index contributed by atoms with van der Waals surface area (Å²) in [4.78, 5) is 2.32. The molecule has 0 spiro atoms. The number of halogens is 1. The fraction of sp³-hybridized carbons (Fsp3) is 0.647. The minimum Gasteiger partial charge on any atom is -0.389 e. The van der Waals surface area contributed by atoms with Crippen molar-refractivity contribution in [2.45, 2.75) is 52.1 Å². The number of anilines is 1. The van der Waals surface area contributed by atoms with E-state index in [4.69, 9.17) is 0 Å². The summed E-state index contributed by atoms with van der Waals surface area (Å²) < 4.78 is 13.4. The summed E-state index contributed by atoms with van der Waals surface area (Å²) in [7, 11) is 0. The van der Waals surface area contributed by atoms with Crippen LogP contribution in [0.1, 0.15) is 57.6 Å². The molecule has 2 atom stereocenters. The Balaban J connectivity index is 2.15. The van der Waals surface area contributed by atoms with Crippen molar-refractivity contribution in [1.82, 2.24) is 0 Å². The van der Waals surface area contributed by atoms with Crippen molar-refractivity contribution >= 4 is 5.69 Å². The van der Waals surface area contributed by atoms with Crippen LogP contribution in [0.15, 0.2) is 18.2 Å². The molecule has 0 bridgehead atoms. The third kappa shape index (κ3) is 3.72. The molecule has 0 saturated carbocycles. The van der Waals surface area contributed by atoms with Crippen LogP contribution in [0.25, 0.3) is 0 Å². The van der Waals surface area contributed by atoms with Crippen molar-refractivity contribution in [2.24, 2.45) is 5.92 Å². The molecule has 2 nitrogen and oxygen atoms in total. The SMILES string of the molecule is CCCC1CCCN(c2ccc(F)cc2[C@@H](C)O)CC1. The summed E-state index contributed by atoms with van der Waals surface area (Å²) in [5.41, 5.74) is 1.71. The Hall–Kier alpha value is -1.09. The Kier molecular flexibility index (Phi) is 5.41. The molecule has 1 aliphatic heterocycles. The average molecular weight is 279 g/mol. The van der Waals surface area contributed by atoms with Gasteiger partial charge in [0.2, 0.25) is 0 Å². The van der Waals surface area contributed by atoms with E-state index in [0.29, 0.717) is 5.56 Å². The molecule has 20 heavy (non-hydrogen) atoms. The van der Waals surface area contributed by atoms with Gasteiger partial charge in [-0.25, -0.2) is 4.39 Å². The van der Waals surface area contributed by atoms with Crippen molar-refractivity contribution in [1.29, 1.82) is 0 Å². The first kappa shape index (κ1) is 15.3. The van der Waals surface area contributed by atoms with Gasteiger partial charge in [0.15, 0.2) is 0 Å². The smallest absolute Gasteiger partial charge is 0.123 e. The van der Waals surface area contributed by atoms with E-state index >= 15 is 0 Å². The Morgan fingerprint density at radius 2 is 2.15 bits per heavy atom. The predicted octanol–water partition coefficient (Wildman–Crippen LogP) is 4.29. The summed E-state index contributed by atoms with van der Waals surface area (Å²) in [6.07, 6.45) is 5.59. The molecule has 1 saturated heterocycles. The molecule has 1 N–H and O–H groups in total. The summed E-state index contributed by atoms with van der Waals surface area (Å²) in [5.74, 6) is 0.545. The topological polar surface area (TPSA) is 23.5 Å². The van der Waals surface area contributed by atoms with Gasteiger partial charge in [0.05, 0.1) is 6.10 Å². The van der Waals surface area contributed by atoms with E-state index in [1.165, 1.54) is 44.2 Å². The van der Waals surface area contributed by atoms with Gasteiger partial charge in [-0.1, -0.05) is 19.8 Å². The maximum absolute atomic E-state index is 13.4. The zero-order valence-electron chi connectivity index (χ0n) is 12.6. The van der Waals surface area contributed by atoms with Crippen LogP contribution >= 0.6 is 0 Å². The van der Waals surface area contributed by atoms with Crippen LogP contribution in [-0.2, 0) is 0 Å². The van der Waals surface area contributed by atoms with Crippen LogP contribution in [0.3, 0.4) is 0 Å². The first-order chi connectivity index (χ1) is 9.61. The molecule has 2 rings (SSSR count). The zero-order valence-corrected chi connectivity index (χ0v) is 12.6. The minimum absolute atomic E-state index is 0.275. The Labute approximate surface area is 121 Å². The molecule has 112 valence electrons.